The molecule has 23 heavy (non-hydrogen) atoms. The third-order valence-electron chi connectivity index (χ3n) is 4.39. The van der Waals surface area contributed by atoms with Gasteiger partial charge in [-0.15, -0.1) is 0 Å². The molecule has 2 N–H and O–H groups in total. The van der Waals surface area contributed by atoms with Gasteiger partial charge in [0, 0.05) is 23.7 Å². The summed E-state index contributed by atoms with van der Waals surface area (Å²) in [5.74, 6) is 0.403. The lowest BCUT2D eigenvalue weighted by molar-refractivity contribution is -0.114. The lowest BCUT2D eigenvalue weighted by Gasteiger charge is -2.32. The molecule has 1 saturated heterocycles. The Balaban J connectivity index is 1.81. The van der Waals surface area contributed by atoms with Crippen LogP contribution >= 0.6 is 11.6 Å². The van der Waals surface area contributed by atoms with Gasteiger partial charge in [0.25, 0.3) is 0 Å². The standard InChI is InChI=1S/C19H21ClN2O/c1-13(23)22-18-5-3-2-4-17(18)15-10-11-21-19(12-15)14-6-8-16(20)9-7-14/h2-9,15,19,21H,10-12H2,1H3,(H,22,23). The van der Waals surface area contributed by atoms with Gasteiger partial charge in [-0.3, -0.25) is 4.79 Å². The van der Waals surface area contributed by atoms with Gasteiger partial charge in [-0.05, 0) is 54.6 Å². The number of para-hydroxylation sites is 1. The first-order valence-electron chi connectivity index (χ1n) is 7.99. The second kappa shape index (κ2) is 7.16. The zero-order valence-electron chi connectivity index (χ0n) is 13.2. The normalized spacial score (nSPS) is 21.0. The number of anilines is 1. The average Bonchev–Trinajstić information content (AvgIpc) is 2.56. The lowest BCUT2D eigenvalue weighted by Crippen LogP contribution is -2.31. The number of benzene rings is 2. The van der Waals surface area contributed by atoms with Crippen molar-refractivity contribution in [3.63, 3.8) is 0 Å². The molecule has 1 fully saturated rings. The number of piperidine rings is 1. The van der Waals surface area contributed by atoms with E-state index in [4.69, 9.17) is 11.6 Å². The Morgan fingerprint density at radius 2 is 1.91 bits per heavy atom. The number of amides is 1. The molecule has 120 valence electrons. The number of carbonyl (C=O) groups is 1. The van der Waals surface area contributed by atoms with Crippen molar-refractivity contribution in [1.29, 1.82) is 0 Å². The molecule has 1 amide bonds. The van der Waals surface area contributed by atoms with Gasteiger partial charge in [0.1, 0.15) is 0 Å². The van der Waals surface area contributed by atoms with Gasteiger partial charge < -0.3 is 10.6 Å². The molecular weight excluding hydrogens is 308 g/mol. The van der Waals surface area contributed by atoms with Crippen molar-refractivity contribution in [3.05, 3.63) is 64.7 Å². The smallest absolute Gasteiger partial charge is 0.221 e. The van der Waals surface area contributed by atoms with Crippen LogP contribution in [0.5, 0.6) is 0 Å². The minimum Gasteiger partial charge on any atom is -0.326 e. The predicted octanol–water partition coefficient (Wildman–Crippen LogP) is 4.51. The fourth-order valence-corrected chi connectivity index (χ4v) is 3.43. The van der Waals surface area contributed by atoms with E-state index in [0.717, 1.165) is 30.1 Å². The van der Waals surface area contributed by atoms with Crippen LogP contribution in [0.25, 0.3) is 0 Å². The van der Waals surface area contributed by atoms with Crippen LogP contribution < -0.4 is 10.6 Å². The van der Waals surface area contributed by atoms with Crippen molar-refractivity contribution in [2.75, 3.05) is 11.9 Å². The van der Waals surface area contributed by atoms with Crippen LogP contribution in [0.1, 0.15) is 42.9 Å². The van der Waals surface area contributed by atoms with Crippen LogP contribution in [0.3, 0.4) is 0 Å². The Labute approximate surface area is 142 Å². The molecule has 2 aromatic carbocycles. The van der Waals surface area contributed by atoms with Gasteiger partial charge in [-0.2, -0.15) is 0 Å². The second-order valence-corrected chi connectivity index (χ2v) is 6.48. The monoisotopic (exact) mass is 328 g/mol. The number of hydrogen-bond acceptors (Lipinski definition) is 2. The largest absolute Gasteiger partial charge is 0.326 e. The van der Waals surface area contributed by atoms with E-state index in [9.17, 15) is 4.79 Å². The third-order valence-corrected chi connectivity index (χ3v) is 4.64. The summed E-state index contributed by atoms with van der Waals surface area (Å²) in [5.41, 5.74) is 3.42. The van der Waals surface area contributed by atoms with Gasteiger partial charge >= 0.3 is 0 Å². The molecule has 2 unspecified atom stereocenters. The molecule has 0 bridgehead atoms. The van der Waals surface area contributed by atoms with Crippen LogP contribution in [-0.2, 0) is 4.79 Å². The Kier molecular flexibility index (Phi) is 4.99. The summed E-state index contributed by atoms with van der Waals surface area (Å²) in [6.07, 6.45) is 2.08. The Morgan fingerprint density at radius 3 is 2.65 bits per heavy atom. The van der Waals surface area contributed by atoms with Crippen LogP contribution in [0.15, 0.2) is 48.5 Å². The highest BCUT2D eigenvalue weighted by atomic mass is 35.5. The van der Waals surface area contributed by atoms with Crippen LogP contribution in [0.4, 0.5) is 5.69 Å². The summed E-state index contributed by atoms with van der Waals surface area (Å²) in [6, 6.07) is 16.5. The van der Waals surface area contributed by atoms with Crippen LogP contribution in [0.2, 0.25) is 5.02 Å². The van der Waals surface area contributed by atoms with E-state index in [1.165, 1.54) is 11.1 Å². The van der Waals surface area contributed by atoms with Gasteiger partial charge in [-0.1, -0.05) is 41.9 Å². The minimum atomic E-state index is -0.0272. The Morgan fingerprint density at radius 1 is 1.17 bits per heavy atom. The molecule has 1 heterocycles. The molecule has 1 aliphatic heterocycles. The number of rotatable bonds is 3. The summed E-state index contributed by atoms with van der Waals surface area (Å²) in [6.45, 7) is 2.52. The molecule has 3 nitrogen and oxygen atoms in total. The molecule has 0 spiro atoms. The average molecular weight is 329 g/mol. The first-order valence-corrected chi connectivity index (χ1v) is 8.36. The first-order chi connectivity index (χ1) is 11.1. The molecule has 2 aromatic rings. The third kappa shape index (κ3) is 3.92. The summed E-state index contributed by atoms with van der Waals surface area (Å²) in [7, 11) is 0. The number of hydrogen-bond donors (Lipinski definition) is 2. The fraction of sp³-hybridized carbons (Fsp3) is 0.316. The maximum absolute atomic E-state index is 11.4. The van der Waals surface area contributed by atoms with E-state index in [2.05, 4.69) is 28.8 Å². The highest BCUT2D eigenvalue weighted by Crippen LogP contribution is 2.37. The zero-order valence-corrected chi connectivity index (χ0v) is 13.9. The highest BCUT2D eigenvalue weighted by Gasteiger charge is 2.25. The van der Waals surface area contributed by atoms with Crippen molar-refractivity contribution in [2.45, 2.75) is 31.7 Å². The lowest BCUT2D eigenvalue weighted by atomic mass is 9.83. The van der Waals surface area contributed by atoms with Gasteiger partial charge in [0.05, 0.1) is 0 Å². The van der Waals surface area contributed by atoms with E-state index < -0.39 is 0 Å². The first kappa shape index (κ1) is 16.0. The summed E-state index contributed by atoms with van der Waals surface area (Å²) in [5, 5.41) is 7.30. The topological polar surface area (TPSA) is 41.1 Å². The Bertz CT molecular complexity index is 684. The number of carbonyl (C=O) groups excluding carboxylic acids is 1. The molecule has 0 saturated carbocycles. The summed E-state index contributed by atoms with van der Waals surface area (Å²) in [4.78, 5) is 11.4. The molecule has 1 aliphatic rings. The molecule has 0 aromatic heterocycles. The van der Waals surface area contributed by atoms with Crippen LogP contribution in [0, 0.1) is 0 Å². The molecule has 3 rings (SSSR count). The maximum atomic E-state index is 11.4. The SMILES string of the molecule is CC(=O)Nc1ccccc1C1CCNC(c2ccc(Cl)cc2)C1. The number of halogens is 1. The molecule has 0 radical (unpaired) electrons. The molecule has 4 heteroatoms. The van der Waals surface area contributed by atoms with Crippen molar-refractivity contribution >= 4 is 23.2 Å². The minimum absolute atomic E-state index is 0.0272. The van der Waals surface area contributed by atoms with Gasteiger partial charge in [-0.25, -0.2) is 0 Å². The van der Waals surface area contributed by atoms with E-state index in [1.807, 2.05) is 30.3 Å². The van der Waals surface area contributed by atoms with Crippen LogP contribution in [-0.4, -0.2) is 12.5 Å². The van der Waals surface area contributed by atoms with E-state index in [0.29, 0.717) is 12.0 Å². The Hall–Kier alpha value is -1.84. The van der Waals surface area contributed by atoms with Crippen molar-refractivity contribution in [3.8, 4) is 0 Å². The quantitative estimate of drug-likeness (QED) is 0.870. The maximum Gasteiger partial charge on any atom is 0.221 e. The second-order valence-electron chi connectivity index (χ2n) is 6.05. The fourth-order valence-electron chi connectivity index (χ4n) is 3.31. The van der Waals surface area contributed by atoms with Gasteiger partial charge in [0.2, 0.25) is 5.91 Å². The predicted molar refractivity (Wildman–Crippen MR) is 94.9 cm³/mol. The van der Waals surface area contributed by atoms with Gasteiger partial charge in [0.15, 0.2) is 0 Å². The number of nitrogens with one attached hydrogen (secondary N) is 2. The summed E-state index contributed by atoms with van der Waals surface area (Å²) >= 11 is 5.98. The van der Waals surface area contributed by atoms with E-state index >= 15 is 0 Å². The zero-order chi connectivity index (χ0) is 16.2. The van der Waals surface area contributed by atoms with Crippen molar-refractivity contribution in [1.82, 2.24) is 5.32 Å². The van der Waals surface area contributed by atoms with Crippen molar-refractivity contribution < 1.29 is 4.79 Å². The molecular formula is C19H21ClN2O. The summed E-state index contributed by atoms with van der Waals surface area (Å²) < 4.78 is 0. The van der Waals surface area contributed by atoms with Crippen molar-refractivity contribution in [2.24, 2.45) is 0 Å². The van der Waals surface area contributed by atoms with E-state index in [1.54, 1.807) is 6.92 Å². The van der Waals surface area contributed by atoms with E-state index in [-0.39, 0.29) is 5.91 Å². The molecule has 0 aliphatic carbocycles. The molecule has 2 atom stereocenters. The highest BCUT2D eigenvalue weighted by molar-refractivity contribution is 6.30.